The van der Waals surface area contributed by atoms with Crippen LogP contribution in [0.1, 0.15) is 34.5 Å². The van der Waals surface area contributed by atoms with Crippen LogP contribution in [0.15, 0.2) is 12.1 Å². The molecule has 0 saturated carbocycles. The van der Waals surface area contributed by atoms with Gasteiger partial charge in [0.15, 0.2) is 0 Å². The molecule has 0 aromatic heterocycles. The minimum atomic E-state index is -0.434. The molecule has 3 atom stereocenters. The van der Waals surface area contributed by atoms with E-state index in [-0.39, 0.29) is 18.0 Å². The number of benzene rings is 1. The van der Waals surface area contributed by atoms with Crippen molar-refractivity contribution < 1.29 is 18.7 Å². The zero-order chi connectivity index (χ0) is 16.0. The summed E-state index contributed by atoms with van der Waals surface area (Å²) in [5, 5.41) is 3.35. The number of nitrogens with one attached hydrogen (secondary N) is 1. The monoisotopic (exact) mass is 320 g/mol. The molecule has 3 aliphatic rings. The Kier molecular flexibility index (Phi) is 3.83. The van der Waals surface area contributed by atoms with Gasteiger partial charge in [-0.15, -0.1) is 0 Å². The lowest BCUT2D eigenvalue weighted by Gasteiger charge is -2.43. The van der Waals surface area contributed by atoms with E-state index in [0.717, 1.165) is 19.6 Å². The largest absolute Gasteiger partial charge is 0.459 e. The number of rotatable bonds is 1. The average Bonchev–Trinajstić information content (AvgIpc) is 2.55. The third-order valence-electron chi connectivity index (χ3n) is 5.00. The minimum Gasteiger partial charge on any atom is -0.459 e. The lowest BCUT2D eigenvalue weighted by molar-refractivity contribution is -0.0730. The van der Waals surface area contributed by atoms with E-state index in [1.807, 2.05) is 0 Å². The van der Waals surface area contributed by atoms with Gasteiger partial charge in [0.2, 0.25) is 0 Å². The zero-order valence-corrected chi connectivity index (χ0v) is 13.2. The summed E-state index contributed by atoms with van der Waals surface area (Å²) in [6.07, 6.45) is -0.142. The standard InChI is InChI=1S/C17H21FN2O3/c1-10-6-14-12(17(21)23-10)2-3-13(16(14)18)15-8-20-5-4-19-7-11(20)9-22-15/h2-3,10-11,15,19H,4-9H2,1H3/t10-,11+,15+/m1/s1. The van der Waals surface area contributed by atoms with Gasteiger partial charge >= 0.3 is 5.97 Å². The van der Waals surface area contributed by atoms with E-state index in [1.54, 1.807) is 19.1 Å². The molecule has 3 aliphatic heterocycles. The van der Waals surface area contributed by atoms with E-state index in [1.165, 1.54) is 0 Å². The maximum absolute atomic E-state index is 15.0. The summed E-state index contributed by atoms with van der Waals surface area (Å²) in [7, 11) is 0. The predicted octanol–water partition coefficient (Wildman–Crippen LogP) is 1.27. The lowest BCUT2D eigenvalue weighted by Crippen LogP contribution is -2.57. The van der Waals surface area contributed by atoms with Crippen molar-refractivity contribution in [2.75, 3.05) is 32.8 Å². The molecule has 5 nitrogen and oxygen atoms in total. The van der Waals surface area contributed by atoms with Crippen LogP contribution in [0.3, 0.4) is 0 Å². The number of carbonyl (C=O) groups is 1. The van der Waals surface area contributed by atoms with Crippen LogP contribution in [0, 0.1) is 5.82 Å². The van der Waals surface area contributed by atoms with Crippen LogP contribution in [0.5, 0.6) is 0 Å². The summed E-state index contributed by atoms with van der Waals surface area (Å²) in [6, 6.07) is 3.73. The molecule has 2 saturated heterocycles. The summed E-state index contributed by atoms with van der Waals surface area (Å²) < 4.78 is 26.1. The molecule has 3 heterocycles. The van der Waals surface area contributed by atoms with Gasteiger partial charge in [0.1, 0.15) is 11.9 Å². The molecule has 0 aliphatic carbocycles. The molecular formula is C17H21FN2O3. The first-order valence-corrected chi connectivity index (χ1v) is 8.22. The van der Waals surface area contributed by atoms with Crippen molar-refractivity contribution in [3.63, 3.8) is 0 Å². The third-order valence-corrected chi connectivity index (χ3v) is 5.00. The number of esters is 1. The summed E-state index contributed by atoms with van der Waals surface area (Å²) >= 11 is 0. The van der Waals surface area contributed by atoms with Crippen LogP contribution in [-0.2, 0) is 15.9 Å². The predicted molar refractivity (Wildman–Crippen MR) is 81.9 cm³/mol. The number of halogens is 1. The van der Waals surface area contributed by atoms with Gasteiger partial charge in [-0.2, -0.15) is 0 Å². The van der Waals surface area contributed by atoms with Crippen molar-refractivity contribution in [3.05, 3.63) is 34.6 Å². The number of piperazine rings is 1. The molecule has 0 unspecified atom stereocenters. The van der Waals surface area contributed by atoms with Crippen molar-refractivity contribution in [1.82, 2.24) is 10.2 Å². The number of hydrogen-bond donors (Lipinski definition) is 1. The molecule has 0 bridgehead atoms. The van der Waals surface area contributed by atoms with Crippen LogP contribution in [0.25, 0.3) is 0 Å². The van der Waals surface area contributed by atoms with Crippen LogP contribution < -0.4 is 5.32 Å². The Labute approximate surface area is 134 Å². The number of nitrogens with zero attached hydrogens (tertiary/aromatic N) is 1. The van der Waals surface area contributed by atoms with Gasteiger partial charge in [0.05, 0.1) is 18.3 Å². The Morgan fingerprint density at radius 1 is 1.39 bits per heavy atom. The Morgan fingerprint density at radius 3 is 3.13 bits per heavy atom. The lowest BCUT2D eigenvalue weighted by atomic mass is 9.93. The summed E-state index contributed by atoms with van der Waals surface area (Å²) in [5.74, 6) is -0.736. The molecule has 0 spiro atoms. The van der Waals surface area contributed by atoms with Gasteiger partial charge in [-0.05, 0) is 13.0 Å². The van der Waals surface area contributed by atoms with Gasteiger partial charge in [0, 0.05) is 49.8 Å². The quantitative estimate of drug-likeness (QED) is 0.790. The van der Waals surface area contributed by atoms with Crippen molar-refractivity contribution in [3.8, 4) is 0 Å². The van der Waals surface area contributed by atoms with E-state index in [2.05, 4.69) is 10.2 Å². The Hall–Kier alpha value is -1.50. The Bertz CT molecular complexity index is 637. The molecule has 23 heavy (non-hydrogen) atoms. The summed E-state index contributed by atoms with van der Waals surface area (Å²) in [4.78, 5) is 14.2. The van der Waals surface area contributed by atoms with Crippen molar-refractivity contribution in [2.24, 2.45) is 0 Å². The highest BCUT2D eigenvalue weighted by molar-refractivity contribution is 5.92. The highest BCUT2D eigenvalue weighted by atomic mass is 19.1. The fraction of sp³-hybridized carbons (Fsp3) is 0.588. The molecule has 2 fully saturated rings. The van der Waals surface area contributed by atoms with E-state index in [4.69, 9.17) is 9.47 Å². The fourth-order valence-corrected chi connectivity index (χ4v) is 3.74. The van der Waals surface area contributed by atoms with E-state index >= 15 is 0 Å². The van der Waals surface area contributed by atoms with Crippen LogP contribution in [0.2, 0.25) is 0 Å². The smallest absolute Gasteiger partial charge is 0.338 e. The van der Waals surface area contributed by atoms with Gasteiger partial charge < -0.3 is 14.8 Å². The molecule has 6 heteroatoms. The van der Waals surface area contributed by atoms with Gasteiger partial charge in [0.25, 0.3) is 0 Å². The second-order valence-corrected chi connectivity index (χ2v) is 6.59. The first-order valence-electron chi connectivity index (χ1n) is 8.22. The van der Waals surface area contributed by atoms with Gasteiger partial charge in [-0.25, -0.2) is 9.18 Å². The first-order chi connectivity index (χ1) is 11.1. The second kappa shape index (κ2) is 5.85. The number of cyclic esters (lactones) is 1. The maximum atomic E-state index is 15.0. The number of fused-ring (bicyclic) bond motifs is 2. The molecule has 1 aromatic carbocycles. The topological polar surface area (TPSA) is 50.8 Å². The SMILES string of the molecule is C[C@@H]1Cc2c(ccc([C@@H]3CN4CCNC[C@H]4CO3)c2F)C(=O)O1. The molecule has 4 rings (SSSR count). The number of morpholine rings is 1. The normalized spacial score (nSPS) is 31.2. The van der Waals surface area contributed by atoms with Gasteiger partial charge in [-0.1, -0.05) is 6.07 Å². The van der Waals surface area contributed by atoms with Crippen LogP contribution >= 0.6 is 0 Å². The fourth-order valence-electron chi connectivity index (χ4n) is 3.74. The molecule has 124 valence electrons. The first kappa shape index (κ1) is 15.1. The van der Waals surface area contributed by atoms with Crippen molar-refractivity contribution >= 4 is 5.97 Å². The highest BCUT2D eigenvalue weighted by Crippen LogP contribution is 2.32. The summed E-state index contributed by atoms with van der Waals surface area (Å²) in [6.45, 7) is 5.92. The zero-order valence-electron chi connectivity index (χ0n) is 13.2. The average molecular weight is 320 g/mol. The van der Waals surface area contributed by atoms with E-state index in [0.29, 0.717) is 42.3 Å². The Balaban J connectivity index is 1.62. The third kappa shape index (κ3) is 2.65. The van der Waals surface area contributed by atoms with Crippen LogP contribution in [0.4, 0.5) is 4.39 Å². The molecule has 1 N–H and O–H groups in total. The maximum Gasteiger partial charge on any atom is 0.338 e. The number of carbonyl (C=O) groups excluding carboxylic acids is 1. The highest BCUT2D eigenvalue weighted by Gasteiger charge is 2.34. The van der Waals surface area contributed by atoms with Crippen molar-refractivity contribution in [2.45, 2.75) is 31.6 Å². The van der Waals surface area contributed by atoms with Crippen LogP contribution in [-0.4, -0.2) is 55.8 Å². The second-order valence-electron chi connectivity index (χ2n) is 6.59. The molecule has 1 aromatic rings. The van der Waals surface area contributed by atoms with E-state index < -0.39 is 5.97 Å². The molecule has 0 radical (unpaired) electrons. The summed E-state index contributed by atoms with van der Waals surface area (Å²) in [5.41, 5.74) is 1.38. The number of ether oxygens (including phenoxy) is 2. The van der Waals surface area contributed by atoms with Crippen molar-refractivity contribution in [1.29, 1.82) is 0 Å². The number of hydrogen-bond acceptors (Lipinski definition) is 5. The molecular weight excluding hydrogens is 299 g/mol. The minimum absolute atomic E-state index is 0.275. The van der Waals surface area contributed by atoms with Gasteiger partial charge in [-0.3, -0.25) is 4.90 Å². The molecule has 0 amide bonds. The Morgan fingerprint density at radius 2 is 2.26 bits per heavy atom. The van der Waals surface area contributed by atoms with E-state index in [9.17, 15) is 9.18 Å².